The van der Waals surface area contributed by atoms with Crippen LogP contribution in [0.1, 0.15) is 38.3 Å². The van der Waals surface area contributed by atoms with Gasteiger partial charge in [0.15, 0.2) is 5.96 Å². The Morgan fingerprint density at radius 3 is 2.59 bits per heavy atom. The summed E-state index contributed by atoms with van der Waals surface area (Å²) in [6.45, 7) is 13.9. The van der Waals surface area contributed by atoms with Gasteiger partial charge in [-0.2, -0.15) is 0 Å². The van der Waals surface area contributed by atoms with E-state index < -0.39 is 0 Å². The highest BCUT2D eigenvalue weighted by Crippen LogP contribution is 2.19. The lowest BCUT2D eigenvalue weighted by Crippen LogP contribution is -2.44. The van der Waals surface area contributed by atoms with Gasteiger partial charge in [0.05, 0.1) is 25.4 Å². The standard InChI is InChI=1S/C23H38N4O2/c1-5-24-23(27-11-10-20(15-27)17-28-4)25-12-21-8-6-7-9-22(21)16-26-13-18(2)29-19(3)14-26/h6-9,18-20H,5,10-17H2,1-4H3,(H,24,25). The Hall–Kier alpha value is -1.63. The molecule has 0 spiro atoms. The van der Waals surface area contributed by atoms with Crippen molar-refractivity contribution in [3.05, 3.63) is 35.4 Å². The van der Waals surface area contributed by atoms with Gasteiger partial charge < -0.3 is 19.7 Å². The molecule has 1 N–H and O–H groups in total. The molecule has 0 aliphatic carbocycles. The van der Waals surface area contributed by atoms with E-state index in [0.29, 0.717) is 24.7 Å². The van der Waals surface area contributed by atoms with Crippen LogP contribution in [0.15, 0.2) is 29.3 Å². The average Bonchev–Trinajstić information content (AvgIpc) is 3.14. The van der Waals surface area contributed by atoms with E-state index in [2.05, 4.69) is 60.2 Å². The van der Waals surface area contributed by atoms with E-state index in [1.807, 2.05) is 0 Å². The number of nitrogens with one attached hydrogen (secondary N) is 1. The molecule has 0 radical (unpaired) electrons. The number of likely N-dealkylation sites (tertiary alicyclic amines) is 1. The summed E-state index contributed by atoms with van der Waals surface area (Å²) in [7, 11) is 1.79. The van der Waals surface area contributed by atoms with E-state index in [1.54, 1.807) is 7.11 Å². The summed E-state index contributed by atoms with van der Waals surface area (Å²) < 4.78 is 11.2. The highest BCUT2D eigenvalue weighted by molar-refractivity contribution is 5.80. The summed E-state index contributed by atoms with van der Waals surface area (Å²) in [5, 5.41) is 3.48. The molecule has 2 aliphatic rings. The van der Waals surface area contributed by atoms with Crippen LogP contribution in [0.25, 0.3) is 0 Å². The van der Waals surface area contributed by atoms with Gasteiger partial charge in [0, 0.05) is 52.3 Å². The van der Waals surface area contributed by atoms with E-state index in [0.717, 1.165) is 51.8 Å². The second kappa shape index (κ2) is 11.0. The molecule has 0 aromatic heterocycles. The van der Waals surface area contributed by atoms with Crippen LogP contribution in [0.3, 0.4) is 0 Å². The minimum absolute atomic E-state index is 0.291. The number of nitrogens with zero attached hydrogens (tertiary/aromatic N) is 3. The number of hydrogen-bond acceptors (Lipinski definition) is 4. The summed E-state index contributed by atoms with van der Waals surface area (Å²) in [6.07, 6.45) is 1.75. The quantitative estimate of drug-likeness (QED) is 0.561. The van der Waals surface area contributed by atoms with Crippen LogP contribution in [-0.2, 0) is 22.6 Å². The van der Waals surface area contributed by atoms with Crippen molar-refractivity contribution in [3.8, 4) is 0 Å². The molecule has 0 amide bonds. The van der Waals surface area contributed by atoms with Crippen molar-refractivity contribution in [2.75, 3.05) is 46.4 Å². The van der Waals surface area contributed by atoms with Gasteiger partial charge in [-0.25, -0.2) is 4.99 Å². The number of rotatable bonds is 7. The van der Waals surface area contributed by atoms with Crippen molar-refractivity contribution >= 4 is 5.96 Å². The summed E-state index contributed by atoms with van der Waals surface area (Å²) in [5.41, 5.74) is 2.68. The third-order valence-corrected chi connectivity index (χ3v) is 5.73. The smallest absolute Gasteiger partial charge is 0.194 e. The zero-order valence-corrected chi connectivity index (χ0v) is 18.6. The van der Waals surface area contributed by atoms with Crippen LogP contribution in [0.5, 0.6) is 0 Å². The van der Waals surface area contributed by atoms with Crippen molar-refractivity contribution in [1.29, 1.82) is 0 Å². The van der Waals surface area contributed by atoms with E-state index in [1.165, 1.54) is 17.5 Å². The maximum absolute atomic E-state index is 5.89. The predicted octanol–water partition coefficient (Wildman–Crippen LogP) is 2.73. The first-order chi connectivity index (χ1) is 14.1. The lowest BCUT2D eigenvalue weighted by molar-refractivity contribution is -0.0705. The Morgan fingerprint density at radius 1 is 1.17 bits per heavy atom. The molecular weight excluding hydrogens is 364 g/mol. The summed E-state index contributed by atoms with van der Waals surface area (Å²) in [5.74, 6) is 1.62. The normalized spacial score (nSPS) is 26.1. The number of guanidine groups is 1. The lowest BCUT2D eigenvalue weighted by Gasteiger charge is -2.35. The maximum Gasteiger partial charge on any atom is 0.194 e. The van der Waals surface area contributed by atoms with Gasteiger partial charge in [-0.1, -0.05) is 24.3 Å². The molecule has 29 heavy (non-hydrogen) atoms. The summed E-state index contributed by atoms with van der Waals surface area (Å²) >= 11 is 0. The van der Waals surface area contributed by atoms with Crippen LogP contribution >= 0.6 is 0 Å². The Kier molecular flexibility index (Phi) is 8.33. The molecule has 1 aromatic rings. The first-order valence-corrected chi connectivity index (χ1v) is 11.1. The molecule has 6 heteroatoms. The van der Waals surface area contributed by atoms with Crippen LogP contribution < -0.4 is 5.32 Å². The van der Waals surface area contributed by atoms with E-state index >= 15 is 0 Å². The van der Waals surface area contributed by atoms with Crippen molar-refractivity contribution < 1.29 is 9.47 Å². The number of ether oxygens (including phenoxy) is 2. The van der Waals surface area contributed by atoms with Gasteiger partial charge >= 0.3 is 0 Å². The van der Waals surface area contributed by atoms with Gasteiger partial charge in [0.1, 0.15) is 0 Å². The number of methoxy groups -OCH3 is 1. The number of benzene rings is 1. The van der Waals surface area contributed by atoms with Crippen LogP contribution in [0.2, 0.25) is 0 Å². The van der Waals surface area contributed by atoms with Crippen LogP contribution in [0.4, 0.5) is 0 Å². The average molecular weight is 403 g/mol. The third-order valence-electron chi connectivity index (χ3n) is 5.73. The number of hydrogen-bond donors (Lipinski definition) is 1. The molecule has 2 fully saturated rings. The monoisotopic (exact) mass is 402 g/mol. The fourth-order valence-corrected chi connectivity index (χ4v) is 4.50. The van der Waals surface area contributed by atoms with Crippen LogP contribution in [-0.4, -0.2) is 74.4 Å². The van der Waals surface area contributed by atoms with E-state index in [4.69, 9.17) is 14.5 Å². The minimum Gasteiger partial charge on any atom is -0.384 e. The van der Waals surface area contributed by atoms with Crippen molar-refractivity contribution in [2.24, 2.45) is 10.9 Å². The minimum atomic E-state index is 0.291. The second-order valence-electron chi connectivity index (χ2n) is 8.45. The SMILES string of the molecule is CCNC(=NCc1ccccc1CN1CC(C)OC(C)C1)N1CCC(COC)C1. The molecule has 0 saturated carbocycles. The van der Waals surface area contributed by atoms with Crippen molar-refractivity contribution in [2.45, 2.75) is 52.5 Å². The largest absolute Gasteiger partial charge is 0.384 e. The molecule has 162 valence electrons. The molecule has 2 aliphatic heterocycles. The first-order valence-electron chi connectivity index (χ1n) is 11.1. The van der Waals surface area contributed by atoms with Gasteiger partial charge in [-0.15, -0.1) is 0 Å². The number of morpholine rings is 1. The first kappa shape index (κ1) is 22.1. The van der Waals surface area contributed by atoms with E-state index in [-0.39, 0.29) is 0 Å². The Bertz CT molecular complexity index is 656. The summed E-state index contributed by atoms with van der Waals surface area (Å²) in [4.78, 5) is 9.87. The highest BCUT2D eigenvalue weighted by Gasteiger charge is 2.25. The van der Waals surface area contributed by atoms with Crippen LogP contribution in [0, 0.1) is 5.92 Å². The molecule has 1 aromatic carbocycles. The zero-order valence-electron chi connectivity index (χ0n) is 18.6. The molecular formula is C23H38N4O2. The fraction of sp³-hybridized carbons (Fsp3) is 0.696. The Labute approximate surface area is 176 Å². The molecule has 3 unspecified atom stereocenters. The second-order valence-corrected chi connectivity index (χ2v) is 8.45. The van der Waals surface area contributed by atoms with Gasteiger partial charge in [-0.05, 0) is 38.3 Å². The van der Waals surface area contributed by atoms with Crippen molar-refractivity contribution in [1.82, 2.24) is 15.1 Å². The van der Waals surface area contributed by atoms with Gasteiger partial charge in [0.2, 0.25) is 0 Å². The molecule has 3 rings (SSSR count). The Balaban J connectivity index is 1.67. The zero-order chi connectivity index (χ0) is 20.6. The van der Waals surface area contributed by atoms with Gasteiger partial charge in [0.25, 0.3) is 0 Å². The fourth-order valence-electron chi connectivity index (χ4n) is 4.50. The topological polar surface area (TPSA) is 49.3 Å². The molecule has 6 nitrogen and oxygen atoms in total. The third kappa shape index (κ3) is 6.43. The van der Waals surface area contributed by atoms with Crippen molar-refractivity contribution in [3.63, 3.8) is 0 Å². The highest BCUT2D eigenvalue weighted by atomic mass is 16.5. The Morgan fingerprint density at radius 2 is 1.90 bits per heavy atom. The molecule has 3 atom stereocenters. The summed E-state index contributed by atoms with van der Waals surface area (Å²) in [6, 6.07) is 8.72. The molecule has 2 saturated heterocycles. The maximum atomic E-state index is 5.89. The molecule has 2 heterocycles. The predicted molar refractivity (Wildman–Crippen MR) is 118 cm³/mol. The number of aliphatic imine (C=N–C) groups is 1. The molecule has 0 bridgehead atoms. The van der Waals surface area contributed by atoms with Gasteiger partial charge in [-0.3, -0.25) is 4.90 Å². The van der Waals surface area contributed by atoms with E-state index in [9.17, 15) is 0 Å². The lowest BCUT2D eigenvalue weighted by atomic mass is 10.1.